The summed E-state index contributed by atoms with van der Waals surface area (Å²) in [6.45, 7) is 7.60. The van der Waals surface area contributed by atoms with E-state index in [0.717, 1.165) is 0 Å². The van der Waals surface area contributed by atoms with Crippen molar-refractivity contribution in [2.45, 2.75) is 56.9 Å². The van der Waals surface area contributed by atoms with Crippen LogP contribution in [0, 0.1) is 0 Å². The Morgan fingerprint density at radius 3 is 1.82 bits per heavy atom. The molecule has 0 spiro atoms. The van der Waals surface area contributed by atoms with Crippen LogP contribution in [0.3, 0.4) is 0 Å². The minimum absolute atomic E-state index is 0.0810. The Morgan fingerprint density at radius 1 is 1.24 bits per heavy atom. The van der Waals surface area contributed by atoms with E-state index in [2.05, 4.69) is 22.9 Å². The van der Waals surface area contributed by atoms with Crippen LogP contribution in [-0.2, 0) is 19.0 Å². The number of rotatable bonds is 5. The first-order valence-corrected chi connectivity index (χ1v) is 6.65. The van der Waals surface area contributed by atoms with E-state index in [1.807, 2.05) is 6.92 Å². The summed E-state index contributed by atoms with van der Waals surface area (Å²) >= 11 is 3.15. The fraction of sp³-hybridized carbons (Fsp3) is 0.917. The van der Waals surface area contributed by atoms with Crippen molar-refractivity contribution in [3.8, 4) is 0 Å². The highest BCUT2D eigenvalue weighted by molar-refractivity contribution is 9.10. The smallest absolute Gasteiger partial charge is 0.174 e. The lowest BCUT2D eigenvalue weighted by molar-refractivity contribution is -0.126. The van der Waals surface area contributed by atoms with E-state index in [-0.39, 0.29) is 22.8 Å². The SMILES string of the molecule is COC(C)C(=O)C(C)Br.COC(C)C1OC1C. The number of ketones is 1. The lowest BCUT2D eigenvalue weighted by atomic mass is 10.2. The lowest BCUT2D eigenvalue weighted by Gasteiger charge is -2.08. The zero-order valence-corrected chi connectivity index (χ0v) is 13.0. The van der Waals surface area contributed by atoms with Gasteiger partial charge in [-0.3, -0.25) is 4.79 Å². The third-order valence-electron chi connectivity index (χ3n) is 2.74. The molecule has 0 saturated carbocycles. The summed E-state index contributed by atoms with van der Waals surface area (Å²) in [5.74, 6) is 0.0810. The van der Waals surface area contributed by atoms with Crippen molar-refractivity contribution < 1.29 is 19.0 Å². The molecule has 102 valence electrons. The zero-order chi connectivity index (χ0) is 13.6. The average molecular weight is 311 g/mol. The van der Waals surface area contributed by atoms with Crippen molar-refractivity contribution in [1.29, 1.82) is 0 Å². The van der Waals surface area contributed by atoms with E-state index in [1.165, 1.54) is 7.11 Å². The van der Waals surface area contributed by atoms with Gasteiger partial charge in [0.05, 0.1) is 17.0 Å². The molecule has 4 nitrogen and oxygen atoms in total. The topological polar surface area (TPSA) is 48.1 Å². The molecule has 1 heterocycles. The van der Waals surface area contributed by atoms with E-state index in [4.69, 9.17) is 14.2 Å². The quantitative estimate of drug-likeness (QED) is 0.577. The van der Waals surface area contributed by atoms with Crippen molar-refractivity contribution >= 4 is 21.7 Å². The van der Waals surface area contributed by atoms with Crippen LogP contribution < -0.4 is 0 Å². The van der Waals surface area contributed by atoms with Gasteiger partial charge in [0.1, 0.15) is 12.2 Å². The maximum absolute atomic E-state index is 10.9. The van der Waals surface area contributed by atoms with Crippen molar-refractivity contribution in [2.75, 3.05) is 14.2 Å². The van der Waals surface area contributed by atoms with Gasteiger partial charge in [0.15, 0.2) is 5.78 Å². The first-order chi connectivity index (χ1) is 7.84. The molecular formula is C12H23BrO4. The molecule has 5 unspecified atom stereocenters. The van der Waals surface area contributed by atoms with Gasteiger partial charge in [0, 0.05) is 14.2 Å². The highest BCUT2D eigenvalue weighted by atomic mass is 79.9. The number of halogens is 1. The van der Waals surface area contributed by atoms with E-state index in [1.54, 1.807) is 21.0 Å². The second kappa shape index (κ2) is 8.19. The number of methoxy groups -OCH3 is 2. The van der Waals surface area contributed by atoms with Gasteiger partial charge in [-0.15, -0.1) is 0 Å². The molecule has 17 heavy (non-hydrogen) atoms. The summed E-state index contributed by atoms with van der Waals surface area (Å²) in [7, 11) is 3.23. The second-order valence-corrected chi connectivity index (χ2v) is 5.52. The second-order valence-electron chi connectivity index (χ2n) is 4.14. The molecule has 1 fully saturated rings. The van der Waals surface area contributed by atoms with Gasteiger partial charge in [0.25, 0.3) is 0 Å². The number of epoxide rings is 1. The average Bonchev–Trinajstić information content (AvgIpc) is 3.04. The predicted molar refractivity (Wildman–Crippen MR) is 70.7 cm³/mol. The van der Waals surface area contributed by atoms with Gasteiger partial charge < -0.3 is 14.2 Å². The van der Waals surface area contributed by atoms with E-state index in [9.17, 15) is 4.79 Å². The maximum atomic E-state index is 10.9. The monoisotopic (exact) mass is 310 g/mol. The molecule has 1 aliphatic heterocycles. The van der Waals surface area contributed by atoms with Gasteiger partial charge in [-0.25, -0.2) is 0 Å². The van der Waals surface area contributed by atoms with Crippen molar-refractivity contribution in [1.82, 2.24) is 0 Å². The fourth-order valence-electron chi connectivity index (χ4n) is 1.27. The van der Waals surface area contributed by atoms with Crippen molar-refractivity contribution in [3.05, 3.63) is 0 Å². The van der Waals surface area contributed by atoms with Gasteiger partial charge >= 0.3 is 0 Å². The summed E-state index contributed by atoms with van der Waals surface area (Å²) in [4.78, 5) is 10.8. The summed E-state index contributed by atoms with van der Waals surface area (Å²) in [5.41, 5.74) is 0. The van der Waals surface area contributed by atoms with E-state index < -0.39 is 0 Å². The van der Waals surface area contributed by atoms with Crippen LogP contribution in [0.25, 0.3) is 0 Å². The standard InChI is InChI=1S/C6H11BrO2.C6H12O2/c1-4(7)6(8)5(2)9-3;1-4(7-3)6-5(2)8-6/h4-5H,1-3H3;4-6H,1-3H3. The van der Waals surface area contributed by atoms with Gasteiger partial charge in [0.2, 0.25) is 0 Å². The Morgan fingerprint density at radius 2 is 1.71 bits per heavy atom. The van der Waals surface area contributed by atoms with E-state index in [0.29, 0.717) is 12.2 Å². The Hall–Kier alpha value is 0.0300. The number of ether oxygens (including phenoxy) is 3. The number of carbonyl (C=O) groups is 1. The molecule has 0 aromatic carbocycles. The first-order valence-electron chi connectivity index (χ1n) is 5.74. The number of carbonyl (C=O) groups excluding carboxylic acids is 1. The molecule has 1 saturated heterocycles. The molecule has 0 aromatic rings. The van der Waals surface area contributed by atoms with Gasteiger partial charge in [-0.2, -0.15) is 0 Å². The van der Waals surface area contributed by atoms with Crippen molar-refractivity contribution in [2.24, 2.45) is 0 Å². The van der Waals surface area contributed by atoms with Crippen LogP contribution in [-0.4, -0.2) is 49.2 Å². The molecule has 0 N–H and O–H groups in total. The molecule has 0 radical (unpaired) electrons. The molecule has 0 bridgehead atoms. The number of hydrogen-bond acceptors (Lipinski definition) is 4. The first kappa shape index (κ1) is 17.0. The highest BCUT2D eigenvalue weighted by Gasteiger charge is 2.39. The number of alkyl halides is 1. The Kier molecular flexibility index (Phi) is 8.20. The summed E-state index contributed by atoms with van der Waals surface area (Å²) in [5, 5.41) is 0. The normalized spacial score (nSPS) is 27.5. The highest BCUT2D eigenvalue weighted by Crippen LogP contribution is 2.25. The van der Waals surface area contributed by atoms with Crippen LogP contribution in [0.4, 0.5) is 0 Å². The van der Waals surface area contributed by atoms with Gasteiger partial charge in [-0.05, 0) is 27.7 Å². The largest absolute Gasteiger partial charge is 0.379 e. The molecule has 1 aliphatic rings. The van der Waals surface area contributed by atoms with Gasteiger partial charge in [-0.1, -0.05) is 15.9 Å². The Bertz CT molecular complexity index is 231. The predicted octanol–water partition coefficient (Wildman–Crippen LogP) is 2.18. The van der Waals surface area contributed by atoms with Crippen LogP contribution in [0.15, 0.2) is 0 Å². The van der Waals surface area contributed by atoms with Crippen LogP contribution in [0.5, 0.6) is 0 Å². The molecule has 0 amide bonds. The summed E-state index contributed by atoms with van der Waals surface area (Å²) in [6, 6.07) is 0. The Balaban J connectivity index is 0.000000302. The maximum Gasteiger partial charge on any atom is 0.174 e. The van der Waals surface area contributed by atoms with Crippen LogP contribution in [0.1, 0.15) is 27.7 Å². The molecule has 1 rings (SSSR count). The fourth-order valence-corrected chi connectivity index (χ4v) is 1.64. The van der Waals surface area contributed by atoms with E-state index >= 15 is 0 Å². The Labute approximate surface area is 112 Å². The molecule has 0 aromatic heterocycles. The minimum Gasteiger partial charge on any atom is -0.379 e. The molecule has 5 heteroatoms. The minimum atomic E-state index is -0.292. The number of Topliss-reactive ketones (excluding diaryl/α,β-unsaturated/α-hetero) is 1. The lowest BCUT2D eigenvalue weighted by Crippen LogP contribution is -2.25. The molecule has 0 aliphatic carbocycles. The number of hydrogen-bond donors (Lipinski definition) is 0. The summed E-state index contributed by atoms with van der Waals surface area (Å²) in [6.07, 6.45) is 0.759. The zero-order valence-electron chi connectivity index (χ0n) is 11.4. The summed E-state index contributed by atoms with van der Waals surface area (Å²) < 4.78 is 15.0. The third kappa shape index (κ3) is 6.50. The molecular weight excluding hydrogens is 288 g/mol. The third-order valence-corrected chi connectivity index (χ3v) is 3.19. The van der Waals surface area contributed by atoms with Crippen molar-refractivity contribution in [3.63, 3.8) is 0 Å². The molecule has 5 atom stereocenters. The van der Waals surface area contributed by atoms with Crippen LogP contribution >= 0.6 is 15.9 Å². The van der Waals surface area contributed by atoms with Crippen LogP contribution in [0.2, 0.25) is 0 Å².